The second-order valence-electron chi connectivity index (χ2n) is 7.02. The van der Waals surface area contributed by atoms with Gasteiger partial charge in [0.05, 0.1) is 24.3 Å². The zero-order chi connectivity index (χ0) is 22.1. The van der Waals surface area contributed by atoms with E-state index in [1.165, 1.54) is 18.2 Å². The first kappa shape index (κ1) is 23.6. The number of carbonyl (C=O) groups excluding carboxylic acids is 2. The van der Waals surface area contributed by atoms with E-state index in [2.05, 4.69) is 18.5 Å². The predicted molar refractivity (Wildman–Crippen MR) is 110 cm³/mol. The molecule has 1 aromatic rings. The van der Waals surface area contributed by atoms with E-state index < -0.39 is 17.6 Å². The highest BCUT2D eigenvalue weighted by molar-refractivity contribution is 5.93. The predicted octanol–water partition coefficient (Wildman–Crippen LogP) is 2.46. The molecule has 1 aromatic carbocycles. The van der Waals surface area contributed by atoms with Gasteiger partial charge in [0.2, 0.25) is 11.8 Å². The Morgan fingerprint density at radius 3 is 2.23 bits per heavy atom. The van der Waals surface area contributed by atoms with Crippen LogP contribution >= 0.6 is 0 Å². The molecule has 1 saturated heterocycles. The summed E-state index contributed by atoms with van der Waals surface area (Å²) in [5.74, 6) is -0.531. The third-order valence-corrected chi connectivity index (χ3v) is 4.73. The van der Waals surface area contributed by atoms with Crippen molar-refractivity contribution in [2.75, 3.05) is 57.7 Å². The maximum atomic E-state index is 13.0. The summed E-state index contributed by atoms with van der Waals surface area (Å²) in [7, 11) is 0. The van der Waals surface area contributed by atoms with Crippen molar-refractivity contribution in [2.45, 2.75) is 6.18 Å². The van der Waals surface area contributed by atoms with Crippen LogP contribution in [0.3, 0.4) is 0 Å². The highest BCUT2D eigenvalue weighted by Crippen LogP contribution is 2.34. The van der Waals surface area contributed by atoms with Crippen molar-refractivity contribution in [1.82, 2.24) is 14.7 Å². The van der Waals surface area contributed by atoms with E-state index in [4.69, 9.17) is 0 Å². The van der Waals surface area contributed by atoms with E-state index in [0.29, 0.717) is 39.3 Å². The van der Waals surface area contributed by atoms with Crippen LogP contribution in [-0.4, -0.2) is 78.9 Å². The molecule has 9 heteroatoms. The van der Waals surface area contributed by atoms with E-state index in [0.717, 1.165) is 6.07 Å². The normalized spacial score (nSPS) is 15.1. The third-order valence-electron chi connectivity index (χ3n) is 4.73. The van der Waals surface area contributed by atoms with Crippen LogP contribution in [0.4, 0.5) is 18.9 Å². The van der Waals surface area contributed by atoms with Gasteiger partial charge in [-0.15, -0.1) is 13.2 Å². The molecule has 0 spiro atoms. The van der Waals surface area contributed by atoms with E-state index in [1.54, 1.807) is 17.1 Å². The lowest BCUT2D eigenvalue weighted by atomic mass is 10.1. The van der Waals surface area contributed by atoms with Crippen LogP contribution in [0.1, 0.15) is 5.56 Å². The number of piperazine rings is 1. The van der Waals surface area contributed by atoms with E-state index in [9.17, 15) is 22.8 Å². The van der Waals surface area contributed by atoms with Gasteiger partial charge >= 0.3 is 6.18 Å². The number of benzene rings is 1. The fourth-order valence-corrected chi connectivity index (χ4v) is 3.25. The lowest BCUT2D eigenvalue weighted by molar-refractivity contribution is -0.137. The largest absolute Gasteiger partial charge is 0.418 e. The molecule has 1 heterocycles. The second-order valence-corrected chi connectivity index (χ2v) is 7.02. The molecule has 30 heavy (non-hydrogen) atoms. The minimum atomic E-state index is -4.54. The summed E-state index contributed by atoms with van der Waals surface area (Å²) in [6.45, 7) is 10.6. The summed E-state index contributed by atoms with van der Waals surface area (Å²) in [6.07, 6.45) is -1.09. The van der Waals surface area contributed by atoms with Crippen LogP contribution in [-0.2, 0) is 15.8 Å². The minimum Gasteiger partial charge on any atom is -0.339 e. The lowest BCUT2D eigenvalue weighted by Gasteiger charge is -2.35. The molecule has 0 aliphatic carbocycles. The first-order chi connectivity index (χ1) is 14.2. The Morgan fingerprint density at radius 1 is 1.07 bits per heavy atom. The highest BCUT2D eigenvalue weighted by Gasteiger charge is 2.33. The lowest BCUT2D eigenvalue weighted by Crippen LogP contribution is -2.52. The van der Waals surface area contributed by atoms with Crippen LogP contribution < -0.4 is 5.32 Å². The van der Waals surface area contributed by atoms with Gasteiger partial charge in [0, 0.05) is 39.3 Å². The maximum Gasteiger partial charge on any atom is 0.418 e. The Kier molecular flexibility index (Phi) is 8.61. The summed E-state index contributed by atoms with van der Waals surface area (Å²) in [6, 6.07) is 4.88. The van der Waals surface area contributed by atoms with Crippen molar-refractivity contribution in [3.8, 4) is 0 Å². The zero-order valence-electron chi connectivity index (χ0n) is 16.8. The molecule has 164 valence electrons. The number of amides is 2. The molecule has 6 nitrogen and oxygen atoms in total. The molecule has 0 unspecified atom stereocenters. The van der Waals surface area contributed by atoms with Gasteiger partial charge in [-0.3, -0.25) is 19.4 Å². The number of para-hydroxylation sites is 1. The average Bonchev–Trinajstić information content (AvgIpc) is 2.68. The number of carbonyl (C=O) groups is 2. The summed E-state index contributed by atoms with van der Waals surface area (Å²) >= 11 is 0. The quantitative estimate of drug-likeness (QED) is 0.619. The van der Waals surface area contributed by atoms with Crippen molar-refractivity contribution in [3.63, 3.8) is 0 Å². The molecule has 1 aliphatic heterocycles. The Hall–Kier alpha value is -2.65. The number of halogens is 3. The van der Waals surface area contributed by atoms with E-state index in [-0.39, 0.29) is 24.7 Å². The van der Waals surface area contributed by atoms with Gasteiger partial charge < -0.3 is 10.2 Å². The zero-order valence-corrected chi connectivity index (χ0v) is 16.8. The van der Waals surface area contributed by atoms with Crippen LogP contribution in [0.25, 0.3) is 0 Å². The summed E-state index contributed by atoms with van der Waals surface area (Å²) < 4.78 is 39.1. The molecule has 1 aliphatic rings. The third kappa shape index (κ3) is 7.00. The first-order valence-corrected chi connectivity index (χ1v) is 9.65. The monoisotopic (exact) mass is 424 g/mol. The van der Waals surface area contributed by atoms with E-state index >= 15 is 0 Å². The Bertz CT molecular complexity index is 749. The fourth-order valence-electron chi connectivity index (χ4n) is 3.25. The molecule has 1 fully saturated rings. The van der Waals surface area contributed by atoms with Gasteiger partial charge in [0.25, 0.3) is 0 Å². The molecule has 2 rings (SSSR count). The molecule has 0 radical (unpaired) electrons. The number of nitrogens with zero attached hydrogens (tertiary/aromatic N) is 3. The SMILES string of the molecule is C=CCN(CC=C)CC(=O)N1CCN(CC(=O)Nc2ccccc2C(F)(F)F)CC1. The van der Waals surface area contributed by atoms with Crippen molar-refractivity contribution >= 4 is 17.5 Å². The number of nitrogens with one attached hydrogen (secondary N) is 1. The molecule has 2 amide bonds. The van der Waals surface area contributed by atoms with Gasteiger partial charge in [-0.1, -0.05) is 24.3 Å². The fraction of sp³-hybridized carbons (Fsp3) is 0.429. The van der Waals surface area contributed by atoms with Gasteiger partial charge in [0.15, 0.2) is 0 Å². The van der Waals surface area contributed by atoms with Crippen LogP contribution in [0.2, 0.25) is 0 Å². The smallest absolute Gasteiger partial charge is 0.339 e. The average molecular weight is 424 g/mol. The van der Waals surface area contributed by atoms with Gasteiger partial charge in [-0.05, 0) is 12.1 Å². The Balaban J connectivity index is 1.83. The standard InChI is InChI=1S/C21H27F3N4O2/c1-3-9-26(10-4-2)16-20(30)28-13-11-27(12-14-28)15-19(29)25-18-8-6-5-7-17(18)21(22,23)24/h3-8H,1-2,9-16H2,(H,25,29). The minimum absolute atomic E-state index is 0.0121. The van der Waals surface area contributed by atoms with Crippen molar-refractivity contribution in [2.24, 2.45) is 0 Å². The number of hydrogen-bond acceptors (Lipinski definition) is 4. The number of alkyl halides is 3. The maximum absolute atomic E-state index is 13.0. The molecular formula is C21H27F3N4O2. The van der Waals surface area contributed by atoms with Crippen molar-refractivity contribution < 1.29 is 22.8 Å². The number of anilines is 1. The molecule has 0 atom stereocenters. The molecular weight excluding hydrogens is 397 g/mol. The van der Waals surface area contributed by atoms with Crippen LogP contribution in [0.5, 0.6) is 0 Å². The summed E-state index contributed by atoms with van der Waals surface area (Å²) in [5.41, 5.74) is -1.13. The molecule has 1 N–H and O–H groups in total. The molecule has 0 aromatic heterocycles. The highest BCUT2D eigenvalue weighted by atomic mass is 19.4. The van der Waals surface area contributed by atoms with E-state index in [1.807, 2.05) is 9.80 Å². The van der Waals surface area contributed by atoms with Crippen LogP contribution in [0.15, 0.2) is 49.6 Å². The Morgan fingerprint density at radius 2 is 1.67 bits per heavy atom. The first-order valence-electron chi connectivity index (χ1n) is 9.65. The molecule has 0 bridgehead atoms. The number of rotatable bonds is 9. The summed E-state index contributed by atoms with van der Waals surface area (Å²) in [4.78, 5) is 30.2. The topological polar surface area (TPSA) is 55.9 Å². The van der Waals surface area contributed by atoms with Gasteiger partial charge in [-0.2, -0.15) is 13.2 Å². The van der Waals surface area contributed by atoms with Crippen molar-refractivity contribution in [3.05, 3.63) is 55.1 Å². The van der Waals surface area contributed by atoms with Gasteiger partial charge in [0.1, 0.15) is 0 Å². The van der Waals surface area contributed by atoms with Crippen molar-refractivity contribution in [1.29, 1.82) is 0 Å². The second kappa shape index (κ2) is 10.9. The Labute approximate surface area is 174 Å². The molecule has 0 saturated carbocycles. The van der Waals surface area contributed by atoms with Crippen LogP contribution in [0, 0.1) is 0 Å². The van der Waals surface area contributed by atoms with Gasteiger partial charge in [-0.25, -0.2) is 0 Å². The summed E-state index contributed by atoms with van der Waals surface area (Å²) in [5, 5.41) is 2.35. The number of hydrogen-bond donors (Lipinski definition) is 1.